The third kappa shape index (κ3) is 2.74. The maximum Gasteiger partial charge on any atom is 0.356 e. The topological polar surface area (TPSA) is 64.4 Å². The van der Waals surface area contributed by atoms with Crippen LogP contribution in [0.2, 0.25) is 0 Å². The first-order valence-electron chi connectivity index (χ1n) is 6.75. The second kappa shape index (κ2) is 5.20. The van der Waals surface area contributed by atoms with Crippen LogP contribution >= 0.6 is 0 Å². The summed E-state index contributed by atoms with van der Waals surface area (Å²) >= 11 is 0. The minimum atomic E-state index is -1.12. The van der Waals surface area contributed by atoms with E-state index in [2.05, 4.69) is 5.10 Å². The fraction of sp³-hybridized carbons (Fsp3) is 0.333. The molecule has 110 valence electrons. The number of benzene rings is 1. The number of aromatic carboxylic acids is 1. The highest BCUT2D eigenvalue weighted by Crippen LogP contribution is 2.35. The predicted octanol–water partition coefficient (Wildman–Crippen LogP) is 2.71. The number of rotatable bonds is 5. The van der Waals surface area contributed by atoms with Crippen molar-refractivity contribution in [3.8, 4) is 17.0 Å². The average molecular weight is 290 g/mol. The summed E-state index contributed by atoms with van der Waals surface area (Å²) in [6.07, 6.45) is 2.22. The van der Waals surface area contributed by atoms with Crippen molar-refractivity contribution in [1.82, 2.24) is 9.78 Å². The van der Waals surface area contributed by atoms with Crippen molar-refractivity contribution >= 4 is 5.97 Å². The van der Waals surface area contributed by atoms with Gasteiger partial charge in [0.25, 0.3) is 0 Å². The highest BCUT2D eigenvalue weighted by atomic mass is 19.1. The number of carboxylic acid groups (broad SMARTS) is 1. The molecule has 5 nitrogen and oxygen atoms in total. The van der Waals surface area contributed by atoms with Gasteiger partial charge in [-0.25, -0.2) is 9.18 Å². The van der Waals surface area contributed by atoms with Gasteiger partial charge in [-0.05, 0) is 37.0 Å². The van der Waals surface area contributed by atoms with Gasteiger partial charge in [-0.3, -0.25) is 4.68 Å². The second-order valence-electron chi connectivity index (χ2n) is 5.21. The van der Waals surface area contributed by atoms with E-state index in [0.29, 0.717) is 23.8 Å². The van der Waals surface area contributed by atoms with Crippen molar-refractivity contribution in [2.45, 2.75) is 12.8 Å². The minimum Gasteiger partial charge on any atom is -0.490 e. The molecule has 21 heavy (non-hydrogen) atoms. The maximum atomic E-state index is 14.0. The van der Waals surface area contributed by atoms with E-state index < -0.39 is 11.8 Å². The lowest BCUT2D eigenvalue weighted by Gasteiger charge is -2.12. The quantitative estimate of drug-likeness (QED) is 0.919. The Hall–Kier alpha value is -2.37. The molecule has 3 rings (SSSR count). The Balaban J connectivity index is 2.00. The third-order valence-corrected chi connectivity index (χ3v) is 3.50. The average Bonchev–Trinajstić information content (AvgIpc) is 3.18. The summed E-state index contributed by atoms with van der Waals surface area (Å²) in [6, 6.07) is 6.03. The van der Waals surface area contributed by atoms with Crippen LogP contribution in [0.4, 0.5) is 4.39 Å². The molecule has 1 aliphatic rings. The highest BCUT2D eigenvalue weighted by molar-refractivity contribution is 5.87. The Labute approximate surface area is 121 Å². The zero-order chi connectivity index (χ0) is 15.0. The smallest absolute Gasteiger partial charge is 0.356 e. The van der Waals surface area contributed by atoms with Crippen LogP contribution in [-0.2, 0) is 7.05 Å². The van der Waals surface area contributed by atoms with E-state index in [1.54, 1.807) is 19.2 Å². The molecule has 0 spiro atoms. The van der Waals surface area contributed by atoms with Crippen LogP contribution in [0.3, 0.4) is 0 Å². The molecule has 0 amide bonds. The second-order valence-corrected chi connectivity index (χ2v) is 5.21. The SMILES string of the molecule is Cn1nc(C(=O)O)cc1-c1cccc(F)c1OCC1CC1. The number of ether oxygens (including phenoxy) is 1. The first kappa shape index (κ1) is 13.6. The number of nitrogens with zero attached hydrogens (tertiary/aromatic N) is 2. The summed E-state index contributed by atoms with van der Waals surface area (Å²) in [5.41, 5.74) is 0.945. The highest BCUT2D eigenvalue weighted by Gasteiger charge is 2.24. The monoisotopic (exact) mass is 290 g/mol. The van der Waals surface area contributed by atoms with E-state index in [1.165, 1.54) is 16.8 Å². The van der Waals surface area contributed by atoms with Crippen molar-refractivity contribution in [3.05, 3.63) is 35.8 Å². The fourth-order valence-corrected chi connectivity index (χ4v) is 2.17. The Morgan fingerprint density at radius 2 is 2.29 bits per heavy atom. The van der Waals surface area contributed by atoms with Crippen LogP contribution in [0, 0.1) is 11.7 Å². The van der Waals surface area contributed by atoms with Gasteiger partial charge in [-0.2, -0.15) is 5.10 Å². The van der Waals surface area contributed by atoms with Gasteiger partial charge in [0.1, 0.15) is 0 Å². The van der Waals surface area contributed by atoms with Crippen LogP contribution in [0.25, 0.3) is 11.3 Å². The maximum absolute atomic E-state index is 14.0. The third-order valence-electron chi connectivity index (χ3n) is 3.50. The largest absolute Gasteiger partial charge is 0.490 e. The lowest BCUT2D eigenvalue weighted by atomic mass is 10.1. The van der Waals surface area contributed by atoms with E-state index in [1.807, 2.05) is 0 Å². The molecule has 1 aromatic carbocycles. The van der Waals surface area contributed by atoms with Crippen molar-refractivity contribution < 1.29 is 19.0 Å². The van der Waals surface area contributed by atoms with Gasteiger partial charge in [-0.1, -0.05) is 6.07 Å². The molecule has 1 saturated carbocycles. The summed E-state index contributed by atoms with van der Waals surface area (Å²) in [4.78, 5) is 11.0. The molecule has 6 heteroatoms. The van der Waals surface area contributed by atoms with Gasteiger partial charge in [0.15, 0.2) is 17.3 Å². The normalized spacial score (nSPS) is 14.2. The zero-order valence-corrected chi connectivity index (χ0v) is 11.5. The summed E-state index contributed by atoms with van der Waals surface area (Å²) in [5.74, 6) is -0.914. The van der Waals surface area contributed by atoms with E-state index in [4.69, 9.17) is 9.84 Å². The lowest BCUT2D eigenvalue weighted by Crippen LogP contribution is -2.04. The lowest BCUT2D eigenvalue weighted by molar-refractivity contribution is 0.0689. The van der Waals surface area contributed by atoms with Crippen molar-refractivity contribution in [3.63, 3.8) is 0 Å². The number of carbonyl (C=O) groups is 1. The standard InChI is InChI=1S/C15H15FN2O3/c1-18-13(7-12(17-18)15(19)20)10-3-2-4-11(16)14(10)21-8-9-5-6-9/h2-4,7,9H,5-6,8H2,1H3,(H,19,20). The van der Waals surface area contributed by atoms with Crippen LogP contribution < -0.4 is 4.74 Å². The molecule has 1 N–H and O–H groups in total. The summed E-state index contributed by atoms with van der Waals surface area (Å²) in [6.45, 7) is 0.484. The first-order valence-corrected chi connectivity index (χ1v) is 6.75. The fourth-order valence-electron chi connectivity index (χ4n) is 2.17. The number of hydrogen-bond acceptors (Lipinski definition) is 3. The molecule has 1 aromatic heterocycles. The van der Waals surface area contributed by atoms with Gasteiger partial charge < -0.3 is 9.84 Å². The number of para-hydroxylation sites is 1. The Kier molecular flexibility index (Phi) is 3.37. The summed E-state index contributed by atoms with van der Waals surface area (Å²) in [5, 5.41) is 12.9. The number of aromatic nitrogens is 2. The van der Waals surface area contributed by atoms with Crippen molar-refractivity contribution in [2.24, 2.45) is 13.0 Å². The minimum absolute atomic E-state index is 0.0788. The first-order chi connectivity index (χ1) is 10.1. The van der Waals surface area contributed by atoms with Crippen molar-refractivity contribution in [2.75, 3.05) is 6.61 Å². The van der Waals surface area contributed by atoms with Crippen LogP contribution in [0.1, 0.15) is 23.3 Å². The summed E-state index contributed by atoms with van der Waals surface area (Å²) < 4.78 is 21.1. The molecule has 1 fully saturated rings. The van der Waals surface area contributed by atoms with Gasteiger partial charge in [0.2, 0.25) is 0 Å². The van der Waals surface area contributed by atoms with Gasteiger partial charge >= 0.3 is 5.97 Å². The molecular weight excluding hydrogens is 275 g/mol. The van der Waals surface area contributed by atoms with E-state index in [-0.39, 0.29) is 11.4 Å². The number of halogens is 1. The van der Waals surface area contributed by atoms with Crippen LogP contribution in [0.5, 0.6) is 5.75 Å². The molecule has 0 aliphatic heterocycles. The molecule has 0 atom stereocenters. The molecule has 1 heterocycles. The van der Waals surface area contributed by atoms with Crippen LogP contribution in [-0.4, -0.2) is 27.5 Å². The van der Waals surface area contributed by atoms with E-state index in [9.17, 15) is 9.18 Å². The predicted molar refractivity (Wildman–Crippen MR) is 73.8 cm³/mol. The van der Waals surface area contributed by atoms with E-state index >= 15 is 0 Å². The van der Waals surface area contributed by atoms with Crippen molar-refractivity contribution in [1.29, 1.82) is 0 Å². The van der Waals surface area contributed by atoms with Gasteiger partial charge in [0.05, 0.1) is 12.3 Å². The summed E-state index contributed by atoms with van der Waals surface area (Å²) in [7, 11) is 1.62. The molecule has 0 unspecified atom stereocenters. The molecule has 0 radical (unpaired) electrons. The van der Waals surface area contributed by atoms with E-state index in [0.717, 1.165) is 12.8 Å². The Bertz CT molecular complexity index is 692. The molecular formula is C15H15FN2O3. The molecule has 0 saturated heterocycles. The molecule has 0 bridgehead atoms. The van der Waals surface area contributed by atoms with Crippen LogP contribution in [0.15, 0.2) is 24.3 Å². The number of aryl methyl sites for hydroxylation is 1. The molecule has 1 aliphatic carbocycles. The Morgan fingerprint density at radius 3 is 2.90 bits per heavy atom. The van der Waals surface area contributed by atoms with Gasteiger partial charge in [0, 0.05) is 12.6 Å². The number of hydrogen-bond donors (Lipinski definition) is 1. The zero-order valence-electron chi connectivity index (χ0n) is 11.5. The Morgan fingerprint density at radius 1 is 1.52 bits per heavy atom. The molecule has 2 aromatic rings. The number of carboxylic acids is 1. The van der Waals surface area contributed by atoms with Gasteiger partial charge in [-0.15, -0.1) is 0 Å².